The Labute approximate surface area is 69.7 Å². The molecule has 0 bridgehead atoms. The molecule has 0 aromatic heterocycles. The van der Waals surface area contributed by atoms with Crippen LogP contribution in [0.15, 0.2) is 18.2 Å². The molecule has 1 rings (SSSR count). The molecule has 0 radical (unpaired) electrons. The van der Waals surface area contributed by atoms with Gasteiger partial charge < -0.3 is 5.11 Å². The first-order valence-corrected chi connectivity index (χ1v) is 3.71. The van der Waals surface area contributed by atoms with Gasteiger partial charge in [-0.3, -0.25) is 0 Å². The quantitative estimate of drug-likeness (QED) is 0.722. The Bertz CT molecular complexity index is 271. The molecule has 0 aliphatic heterocycles. The fourth-order valence-electron chi connectivity index (χ4n) is 1.01. The molecule has 0 saturated heterocycles. The second-order valence-corrected chi connectivity index (χ2v) is 2.80. The van der Waals surface area contributed by atoms with Crippen molar-refractivity contribution in [2.45, 2.75) is 19.4 Å². The molecule has 1 nitrogen and oxygen atoms in total. The van der Waals surface area contributed by atoms with Crippen molar-refractivity contribution in [2.75, 3.05) is 0 Å². The highest BCUT2D eigenvalue weighted by Gasteiger charge is 2.04. The third-order valence-corrected chi connectivity index (χ3v) is 1.52. The Morgan fingerprint density at radius 3 is 2.50 bits per heavy atom. The van der Waals surface area contributed by atoms with E-state index in [0.29, 0.717) is 12.0 Å². The molecule has 12 heavy (non-hydrogen) atoms. The summed E-state index contributed by atoms with van der Waals surface area (Å²) in [5.41, 5.74) is 0.601. The molecule has 0 amide bonds. The van der Waals surface area contributed by atoms with Crippen molar-refractivity contribution < 1.29 is 13.9 Å². The topological polar surface area (TPSA) is 20.2 Å². The van der Waals surface area contributed by atoms with E-state index in [9.17, 15) is 8.78 Å². The van der Waals surface area contributed by atoms with Gasteiger partial charge >= 0.3 is 0 Å². The number of rotatable bonds is 2. The summed E-state index contributed by atoms with van der Waals surface area (Å²) in [5, 5.41) is 8.95. The summed E-state index contributed by atoms with van der Waals surface area (Å²) in [5.74, 6) is -1.72. The third kappa shape index (κ3) is 2.27. The zero-order valence-electron chi connectivity index (χ0n) is 6.72. The van der Waals surface area contributed by atoms with Gasteiger partial charge in [0.25, 0.3) is 0 Å². The first-order chi connectivity index (χ1) is 5.59. The minimum atomic E-state index is -0.867. The molecule has 1 atom stereocenters. The molecule has 1 N–H and O–H groups in total. The van der Waals surface area contributed by atoms with Crippen LogP contribution in [0.25, 0.3) is 0 Å². The van der Waals surface area contributed by atoms with Gasteiger partial charge in [0, 0.05) is 0 Å². The zero-order chi connectivity index (χ0) is 9.14. The molecular formula is C9H10F2O. The summed E-state index contributed by atoms with van der Waals surface area (Å²) in [6.07, 6.45) is -0.188. The standard InChI is InChI=1S/C9H10F2O/c1-6(12)4-7-2-3-8(10)9(11)5-7/h2-3,5-6,12H,4H2,1H3. The summed E-state index contributed by atoms with van der Waals surface area (Å²) in [6, 6.07) is 3.63. The lowest BCUT2D eigenvalue weighted by Gasteiger charge is -2.03. The van der Waals surface area contributed by atoms with Gasteiger partial charge in [0.15, 0.2) is 11.6 Å². The number of hydrogen-bond acceptors (Lipinski definition) is 1. The van der Waals surface area contributed by atoms with E-state index >= 15 is 0 Å². The minimum Gasteiger partial charge on any atom is -0.393 e. The maximum absolute atomic E-state index is 12.6. The molecule has 0 aliphatic carbocycles. The Kier molecular flexibility index (Phi) is 2.76. The van der Waals surface area contributed by atoms with Gasteiger partial charge in [-0.05, 0) is 31.0 Å². The first kappa shape index (κ1) is 9.13. The zero-order valence-corrected chi connectivity index (χ0v) is 6.72. The van der Waals surface area contributed by atoms with E-state index in [1.807, 2.05) is 0 Å². The van der Waals surface area contributed by atoms with Crippen LogP contribution in [0.2, 0.25) is 0 Å². The van der Waals surface area contributed by atoms with Gasteiger partial charge in [0.1, 0.15) is 0 Å². The van der Waals surface area contributed by atoms with Crippen molar-refractivity contribution >= 4 is 0 Å². The van der Waals surface area contributed by atoms with E-state index in [4.69, 9.17) is 5.11 Å². The van der Waals surface area contributed by atoms with Crippen molar-refractivity contribution in [1.82, 2.24) is 0 Å². The molecule has 3 heteroatoms. The number of halogens is 2. The molecule has 0 spiro atoms. The van der Waals surface area contributed by atoms with Crippen LogP contribution < -0.4 is 0 Å². The minimum absolute atomic E-state index is 0.344. The average molecular weight is 172 g/mol. The van der Waals surface area contributed by atoms with Crippen LogP contribution in [0, 0.1) is 11.6 Å². The molecule has 0 aliphatic rings. The fraction of sp³-hybridized carbons (Fsp3) is 0.333. The molecule has 0 fully saturated rings. The van der Waals surface area contributed by atoms with E-state index in [2.05, 4.69) is 0 Å². The Morgan fingerprint density at radius 2 is 2.00 bits per heavy atom. The van der Waals surface area contributed by atoms with Crippen molar-refractivity contribution in [1.29, 1.82) is 0 Å². The maximum atomic E-state index is 12.6. The number of hydrogen-bond donors (Lipinski definition) is 1. The molecule has 1 aromatic rings. The molecule has 1 unspecified atom stereocenters. The third-order valence-electron chi connectivity index (χ3n) is 1.52. The van der Waals surface area contributed by atoms with Crippen LogP contribution in [-0.4, -0.2) is 11.2 Å². The van der Waals surface area contributed by atoms with Crippen molar-refractivity contribution in [3.63, 3.8) is 0 Å². The summed E-state index contributed by atoms with van der Waals surface area (Å²) in [4.78, 5) is 0. The van der Waals surface area contributed by atoms with Gasteiger partial charge in [-0.15, -0.1) is 0 Å². The van der Waals surface area contributed by atoms with E-state index in [-0.39, 0.29) is 0 Å². The summed E-state index contributed by atoms with van der Waals surface area (Å²) < 4.78 is 25.0. The van der Waals surface area contributed by atoms with Gasteiger partial charge in [-0.25, -0.2) is 8.78 Å². The highest BCUT2D eigenvalue weighted by molar-refractivity contribution is 5.18. The van der Waals surface area contributed by atoms with Crippen LogP contribution in [0.4, 0.5) is 8.78 Å². The highest BCUT2D eigenvalue weighted by atomic mass is 19.2. The number of aliphatic hydroxyl groups is 1. The Hall–Kier alpha value is -0.960. The molecule has 0 heterocycles. The smallest absolute Gasteiger partial charge is 0.159 e. The van der Waals surface area contributed by atoms with E-state index in [0.717, 1.165) is 12.1 Å². The van der Waals surface area contributed by atoms with Crippen LogP contribution in [0.1, 0.15) is 12.5 Å². The molecule has 66 valence electrons. The Balaban J connectivity index is 2.82. The predicted molar refractivity (Wildman–Crippen MR) is 41.7 cm³/mol. The second kappa shape index (κ2) is 3.63. The normalized spacial score (nSPS) is 13.0. The van der Waals surface area contributed by atoms with E-state index in [1.165, 1.54) is 6.07 Å². The van der Waals surface area contributed by atoms with Crippen molar-refractivity contribution in [2.24, 2.45) is 0 Å². The average Bonchev–Trinajstić information content (AvgIpc) is 1.96. The monoisotopic (exact) mass is 172 g/mol. The van der Waals surface area contributed by atoms with E-state index < -0.39 is 17.7 Å². The van der Waals surface area contributed by atoms with Crippen LogP contribution >= 0.6 is 0 Å². The van der Waals surface area contributed by atoms with Gasteiger partial charge in [0.2, 0.25) is 0 Å². The van der Waals surface area contributed by atoms with Crippen LogP contribution in [0.5, 0.6) is 0 Å². The number of aliphatic hydroxyl groups excluding tert-OH is 1. The van der Waals surface area contributed by atoms with Gasteiger partial charge in [-0.2, -0.15) is 0 Å². The largest absolute Gasteiger partial charge is 0.393 e. The first-order valence-electron chi connectivity index (χ1n) is 3.71. The SMILES string of the molecule is CC(O)Cc1ccc(F)c(F)c1. The lowest BCUT2D eigenvalue weighted by Crippen LogP contribution is -2.04. The van der Waals surface area contributed by atoms with Crippen LogP contribution in [-0.2, 0) is 6.42 Å². The van der Waals surface area contributed by atoms with Gasteiger partial charge in [0.05, 0.1) is 6.10 Å². The summed E-state index contributed by atoms with van der Waals surface area (Å²) >= 11 is 0. The van der Waals surface area contributed by atoms with Crippen molar-refractivity contribution in [3.05, 3.63) is 35.4 Å². The van der Waals surface area contributed by atoms with E-state index in [1.54, 1.807) is 6.92 Å². The lowest BCUT2D eigenvalue weighted by atomic mass is 10.1. The highest BCUT2D eigenvalue weighted by Crippen LogP contribution is 2.10. The summed E-state index contributed by atoms with van der Waals surface area (Å²) in [6.45, 7) is 1.60. The van der Waals surface area contributed by atoms with Crippen molar-refractivity contribution in [3.8, 4) is 0 Å². The molecule has 0 saturated carbocycles. The second-order valence-electron chi connectivity index (χ2n) is 2.80. The molecular weight excluding hydrogens is 162 g/mol. The number of benzene rings is 1. The molecule has 1 aromatic carbocycles. The summed E-state index contributed by atoms with van der Waals surface area (Å²) in [7, 11) is 0. The maximum Gasteiger partial charge on any atom is 0.159 e. The van der Waals surface area contributed by atoms with Crippen LogP contribution in [0.3, 0.4) is 0 Å². The predicted octanol–water partition coefficient (Wildman–Crippen LogP) is 1.89. The van der Waals surface area contributed by atoms with Gasteiger partial charge in [-0.1, -0.05) is 6.07 Å². The fourth-order valence-corrected chi connectivity index (χ4v) is 1.01. The Morgan fingerprint density at radius 1 is 1.33 bits per heavy atom. The lowest BCUT2D eigenvalue weighted by molar-refractivity contribution is 0.195.